The van der Waals surface area contributed by atoms with Crippen molar-refractivity contribution < 1.29 is 14.7 Å². The molecule has 0 aliphatic heterocycles. The van der Waals surface area contributed by atoms with Crippen LogP contribution in [0.15, 0.2) is 48.1 Å². The Labute approximate surface area is 117 Å². The van der Waals surface area contributed by atoms with Crippen molar-refractivity contribution in [1.29, 1.82) is 0 Å². The molecule has 2 N–H and O–H groups in total. The normalized spacial score (nSPS) is 15.3. The number of benzene rings is 1. The van der Waals surface area contributed by atoms with E-state index in [0.29, 0.717) is 0 Å². The van der Waals surface area contributed by atoms with Gasteiger partial charge in [-0.2, -0.15) is 0 Å². The van der Waals surface area contributed by atoms with Crippen molar-refractivity contribution >= 4 is 11.9 Å². The molecular weight excluding hydrogens is 254 g/mol. The topological polar surface area (TPSA) is 66.4 Å². The molecule has 1 aromatic carbocycles. The third kappa shape index (κ3) is 3.15. The summed E-state index contributed by atoms with van der Waals surface area (Å²) in [7, 11) is 0. The number of allylic oxidation sites excluding steroid dienone is 2. The first-order valence-corrected chi connectivity index (χ1v) is 6.59. The number of amides is 1. The number of carbonyl (C=O) groups is 2. The van der Waals surface area contributed by atoms with Crippen LogP contribution in [-0.2, 0) is 0 Å². The molecule has 0 heterocycles. The van der Waals surface area contributed by atoms with E-state index in [1.165, 1.54) is 12.1 Å². The van der Waals surface area contributed by atoms with Crippen LogP contribution in [0.1, 0.15) is 40.5 Å². The SMILES string of the molecule is CC(NC(=O)c1ccccc1C(=O)O)C1=CCCC=C1. The second-order valence-corrected chi connectivity index (χ2v) is 4.73. The minimum absolute atomic E-state index is 0.0189. The molecule has 0 aromatic heterocycles. The summed E-state index contributed by atoms with van der Waals surface area (Å²) in [6.07, 6.45) is 8.15. The van der Waals surface area contributed by atoms with Crippen LogP contribution in [0.5, 0.6) is 0 Å². The Morgan fingerprint density at radius 1 is 1.20 bits per heavy atom. The van der Waals surface area contributed by atoms with Crippen molar-refractivity contribution in [2.45, 2.75) is 25.8 Å². The Bertz CT molecular complexity index is 587. The van der Waals surface area contributed by atoms with Crippen LogP contribution in [-0.4, -0.2) is 23.0 Å². The van der Waals surface area contributed by atoms with Crippen LogP contribution >= 0.6 is 0 Å². The van der Waals surface area contributed by atoms with Crippen molar-refractivity contribution in [3.63, 3.8) is 0 Å². The van der Waals surface area contributed by atoms with Crippen LogP contribution < -0.4 is 5.32 Å². The quantitative estimate of drug-likeness (QED) is 0.885. The van der Waals surface area contributed by atoms with Crippen molar-refractivity contribution in [2.24, 2.45) is 0 Å². The summed E-state index contributed by atoms with van der Waals surface area (Å²) < 4.78 is 0. The third-order valence-corrected chi connectivity index (χ3v) is 3.27. The monoisotopic (exact) mass is 271 g/mol. The molecule has 4 nitrogen and oxygen atoms in total. The fourth-order valence-electron chi connectivity index (χ4n) is 2.18. The minimum atomic E-state index is -1.10. The van der Waals surface area contributed by atoms with Gasteiger partial charge in [-0.15, -0.1) is 0 Å². The second-order valence-electron chi connectivity index (χ2n) is 4.73. The molecule has 104 valence electrons. The number of nitrogens with one attached hydrogen (secondary N) is 1. The van der Waals surface area contributed by atoms with E-state index in [4.69, 9.17) is 5.11 Å². The van der Waals surface area contributed by atoms with Crippen molar-refractivity contribution in [3.8, 4) is 0 Å². The fourth-order valence-corrected chi connectivity index (χ4v) is 2.18. The Balaban J connectivity index is 2.14. The van der Waals surface area contributed by atoms with Gasteiger partial charge in [-0.1, -0.05) is 30.4 Å². The van der Waals surface area contributed by atoms with Gasteiger partial charge in [0.25, 0.3) is 5.91 Å². The van der Waals surface area contributed by atoms with Crippen LogP contribution in [0.2, 0.25) is 0 Å². The smallest absolute Gasteiger partial charge is 0.336 e. The zero-order valence-electron chi connectivity index (χ0n) is 11.3. The van der Waals surface area contributed by atoms with Gasteiger partial charge in [0.15, 0.2) is 0 Å². The van der Waals surface area contributed by atoms with E-state index in [0.717, 1.165) is 18.4 Å². The summed E-state index contributed by atoms with van der Waals surface area (Å²) in [6, 6.07) is 6.08. The van der Waals surface area contributed by atoms with E-state index in [9.17, 15) is 9.59 Å². The molecule has 0 saturated carbocycles. The number of hydrogen-bond acceptors (Lipinski definition) is 2. The van der Waals surface area contributed by atoms with Crippen LogP contribution in [0.25, 0.3) is 0 Å². The van der Waals surface area contributed by atoms with Crippen molar-refractivity contribution in [2.75, 3.05) is 0 Å². The largest absolute Gasteiger partial charge is 0.478 e. The van der Waals surface area contributed by atoms with E-state index in [-0.39, 0.29) is 23.1 Å². The Morgan fingerprint density at radius 3 is 2.50 bits per heavy atom. The standard InChI is InChI=1S/C16H17NO3/c1-11(12-7-3-2-4-8-12)17-15(18)13-9-5-6-10-14(13)16(19)20/h3,5-11H,2,4H2,1H3,(H,17,18)(H,19,20). The number of hydrogen-bond donors (Lipinski definition) is 2. The van der Waals surface area contributed by atoms with Gasteiger partial charge in [-0.3, -0.25) is 4.79 Å². The first kappa shape index (κ1) is 14.1. The molecule has 1 aromatic rings. The third-order valence-electron chi connectivity index (χ3n) is 3.27. The minimum Gasteiger partial charge on any atom is -0.478 e. The van der Waals surface area contributed by atoms with Crippen LogP contribution in [0.3, 0.4) is 0 Å². The first-order valence-electron chi connectivity index (χ1n) is 6.59. The van der Waals surface area contributed by atoms with Gasteiger partial charge in [0.2, 0.25) is 0 Å². The lowest BCUT2D eigenvalue weighted by molar-refractivity contribution is 0.0690. The molecule has 0 fully saturated rings. The Hall–Kier alpha value is -2.36. The van der Waals surface area contributed by atoms with Crippen molar-refractivity contribution in [3.05, 3.63) is 59.2 Å². The maximum absolute atomic E-state index is 12.2. The Kier molecular flexibility index (Phi) is 4.35. The highest BCUT2D eigenvalue weighted by Gasteiger charge is 2.18. The summed E-state index contributed by atoms with van der Waals surface area (Å²) in [6.45, 7) is 1.89. The summed E-state index contributed by atoms with van der Waals surface area (Å²) in [5.41, 5.74) is 1.26. The maximum Gasteiger partial charge on any atom is 0.336 e. The number of carboxylic acid groups (broad SMARTS) is 1. The van der Waals surface area contributed by atoms with Crippen molar-refractivity contribution in [1.82, 2.24) is 5.32 Å². The summed E-state index contributed by atoms with van der Waals surface area (Å²) >= 11 is 0. The molecule has 4 heteroatoms. The number of rotatable bonds is 4. The van der Waals surface area contributed by atoms with E-state index in [1.807, 2.05) is 13.0 Å². The zero-order valence-corrected chi connectivity index (χ0v) is 11.3. The highest BCUT2D eigenvalue weighted by Crippen LogP contribution is 2.15. The highest BCUT2D eigenvalue weighted by molar-refractivity contribution is 6.04. The summed E-state index contributed by atoms with van der Waals surface area (Å²) in [5, 5.41) is 11.9. The predicted molar refractivity (Wildman–Crippen MR) is 76.8 cm³/mol. The van der Waals surface area contributed by atoms with Crippen LogP contribution in [0, 0.1) is 0 Å². The molecule has 20 heavy (non-hydrogen) atoms. The predicted octanol–water partition coefficient (Wildman–Crippen LogP) is 2.78. The van der Waals surface area contributed by atoms with E-state index in [1.54, 1.807) is 12.1 Å². The average molecular weight is 271 g/mol. The lowest BCUT2D eigenvalue weighted by Crippen LogP contribution is -2.34. The fraction of sp³-hybridized carbons (Fsp3) is 0.250. The molecule has 1 aliphatic carbocycles. The van der Waals surface area contributed by atoms with Gasteiger partial charge in [-0.05, 0) is 37.5 Å². The molecule has 2 rings (SSSR count). The average Bonchev–Trinajstić information content (AvgIpc) is 2.48. The van der Waals surface area contributed by atoms with Gasteiger partial charge in [0.1, 0.15) is 0 Å². The van der Waals surface area contributed by atoms with Gasteiger partial charge in [0.05, 0.1) is 17.2 Å². The molecule has 1 amide bonds. The van der Waals surface area contributed by atoms with Gasteiger partial charge in [-0.25, -0.2) is 4.79 Å². The lowest BCUT2D eigenvalue weighted by atomic mass is 10.0. The molecule has 1 unspecified atom stereocenters. The highest BCUT2D eigenvalue weighted by atomic mass is 16.4. The van der Waals surface area contributed by atoms with Crippen LogP contribution in [0.4, 0.5) is 0 Å². The number of carboxylic acids is 1. The number of aromatic carboxylic acids is 1. The van der Waals surface area contributed by atoms with Gasteiger partial charge >= 0.3 is 5.97 Å². The number of carbonyl (C=O) groups excluding carboxylic acids is 1. The second kappa shape index (κ2) is 6.19. The lowest BCUT2D eigenvalue weighted by Gasteiger charge is -2.18. The van der Waals surface area contributed by atoms with Gasteiger partial charge in [0, 0.05) is 0 Å². The molecule has 0 spiro atoms. The molecule has 1 atom stereocenters. The molecular formula is C16H17NO3. The summed E-state index contributed by atoms with van der Waals surface area (Å²) in [5.74, 6) is -1.46. The van der Waals surface area contributed by atoms with E-state index in [2.05, 4.69) is 17.5 Å². The molecule has 0 radical (unpaired) electrons. The van der Waals surface area contributed by atoms with E-state index < -0.39 is 5.97 Å². The summed E-state index contributed by atoms with van der Waals surface area (Å²) in [4.78, 5) is 23.3. The van der Waals surface area contributed by atoms with E-state index >= 15 is 0 Å². The molecule has 0 saturated heterocycles. The zero-order chi connectivity index (χ0) is 14.5. The first-order chi connectivity index (χ1) is 9.59. The molecule has 1 aliphatic rings. The Morgan fingerprint density at radius 2 is 1.90 bits per heavy atom. The maximum atomic E-state index is 12.2. The van der Waals surface area contributed by atoms with Gasteiger partial charge < -0.3 is 10.4 Å². The molecule has 0 bridgehead atoms.